The molecule has 0 bridgehead atoms. The standard InChI is InChI=1S/C23H21ClN2O3S/c1-16-7-10-20(14-21(16)24)30(28,29)25-19-9-11-22-18(13-19)8-12-23(27)26(22)15-17-5-3-2-4-6-17/h2-7,9-11,13-14,25H,8,12,15H2,1H3. The predicted molar refractivity (Wildman–Crippen MR) is 119 cm³/mol. The zero-order valence-corrected chi connectivity index (χ0v) is 18.0. The van der Waals surface area contributed by atoms with E-state index in [2.05, 4.69) is 4.72 Å². The molecule has 0 saturated heterocycles. The lowest BCUT2D eigenvalue weighted by Gasteiger charge is -2.30. The summed E-state index contributed by atoms with van der Waals surface area (Å²) < 4.78 is 28.1. The number of aryl methyl sites for hydroxylation is 2. The van der Waals surface area contributed by atoms with E-state index in [-0.39, 0.29) is 10.8 Å². The van der Waals surface area contributed by atoms with Crippen molar-refractivity contribution in [2.24, 2.45) is 0 Å². The average Bonchev–Trinajstić information content (AvgIpc) is 2.72. The van der Waals surface area contributed by atoms with Crippen molar-refractivity contribution in [3.63, 3.8) is 0 Å². The van der Waals surface area contributed by atoms with Crippen LogP contribution in [0.2, 0.25) is 5.02 Å². The van der Waals surface area contributed by atoms with Gasteiger partial charge in [0.05, 0.1) is 11.4 Å². The number of fused-ring (bicyclic) bond motifs is 1. The van der Waals surface area contributed by atoms with Gasteiger partial charge >= 0.3 is 0 Å². The van der Waals surface area contributed by atoms with E-state index in [1.54, 1.807) is 29.2 Å². The van der Waals surface area contributed by atoms with E-state index >= 15 is 0 Å². The minimum atomic E-state index is -3.77. The summed E-state index contributed by atoms with van der Waals surface area (Å²) >= 11 is 6.08. The van der Waals surface area contributed by atoms with Crippen molar-refractivity contribution in [1.82, 2.24) is 0 Å². The number of anilines is 2. The third-order valence-corrected chi connectivity index (χ3v) is 6.96. The van der Waals surface area contributed by atoms with Gasteiger partial charge in [0.25, 0.3) is 10.0 Å². The maximum atomic E-state index is 12.8. The van der Waals surface area contributed by atoms with Gasteiger partial charge in [-0.1, -0.05) is 48.0 Å². The minimum Gasteiger partial charge on any atom is -0.308 e. The number of carbonyl (C=O) groups excluding carboxylic acids is 1. The number of amides is 1. The molecule has 30 heavy (non-hydrogen) atoms. The van der Waals surface area contributed by atoms with E-state index in [1.807, 2.05) is 37.3 Å². The Morgan fingerprint density at radius 2 is 1.77 bits per heavy atom. The van der Waals surface area contributed by atoms with Gasteiger partial charge in [-0.25, -0.2) is 8.42 Å². The molecule has 3 aromatic carbocycles. The van der Waals surface area contributed by atoms with E-state index in [9.17, 15) is 13.2 Å². The second-order valence-corrected chi connectivity index (χ2v) is 9.42. The highest BCUT2D eigenvalue weighted by Gasteiger charge is 2.25. The summed E-state index contributed by atoms with van der Waals surface area (Å²) in [6.45, 7) is 2.30. The van der Waals surface area contributed by atoms with Crippen LogP contribution in [0.3, 0.4) is 0 Å². The molecule has 0 unspecified atom stereocenters. The van der Waals surface area contributed by atoms with Crippen LogP contribution in [0, 0.1) is 6.92 Å². The summed E-state index contributed by atoms with van der Waals surface area (Å²) in [7, 11) is -3.77. The number of sulfonamides is 1. The van der Waals surface area contributed by atoms with Crippen molar-refractivity contribution in [3.05, 3.63) is 88.4 Å². The van der Waals surface area contributed by atoms with Crippen molar-refractivity contribution in [1.29, 1.82) is 0 Å². The summed E-state index contributed by atoms with van der Waals surface area (Å²) in [6.07, 6.45) is 0.967. The van der Waals surface area contributed by atoms with Gasteiger partial charge in [-0.3, -0.25) is 9.52 Å². The first-order valence-corrected chi connectivity index (χ1v) is 11.5. The van der Waals surface area contributed by atoms with Crippen LogP contribution < -0.4 is 9.62 Å². The van der Waals surface area contributed by atoms with E-state index < -0.39 is 10.0 Å². The van der Waals surface area contributed by atoms with Gasteiger partial charge in [-0.15, -0.1) is 0 Å². The number of nitrogens with one attached hydrogen (secondary N) is 1. The molecular formula is C23H21ClN2O3S. The first kappa shape index (κ1) is 20.4. The fourth-order valence-electron chi connectivity index (χ4n) is 3.52. The minimum absolute atomic E-state index is 0.0639. The van der Waals surface area contributed by atoms with Gasteiger partial charge in [0.15, 0.2) is 0 Å². The van der Waals surface area contributed by atoms with Crippen LogP contribution in [0.15, 0.2) is 71.6 Å². The third kappa shape index (κ3) is 4.20. The number of rotatable bonds is 5. The molecule has 7 heteroatoms. The Labute approximate surface area is 181 Å². The normalized spacial score (nSPS) is 13.8. The van der Waals surface area contributed by atoms with Crippen LogP contribution in [0.4, 0.5) is 11.4 Å². The second-order valence-electron chi connectivity index (χ2n) is 7.33. The van der Waals surface area contributed by atoms with Gasteiger partial charge in [0, 0.05) is 22.8 Å². The lowest BCUT2D eigenvalue weighted by Crippen LogP contribution is -2.34. The third-order valence-electron chi connectivity index (χ3n) is 5.17. The topological polar surface area (TPSA) is 66.5 Å². The summed E-state index contributed by atoms with van der Waals surface area (Å²) in [6, 6.07) is 19.7. The fourth-order valence-corrected chi connectivity index (χ4v) is 4.84. The number of nitrogens with zero attached hydrogens (tertiary/aromatic N) is 1. The van der Waals surface area contributed by atoms with Crippen LogP contribution in [-0.2, 0) is 27.8 Å². The first-order chi connectivity index (χ1) is 14.3. The van der Waals surface area contributed by atoms with Gasteiger partial charge in [-0.05, 0) is 60.4 Å². The maximum Gasteiger partial charge on any atom is 0.261 e. The summed E-state index contributed by atoms with van der Waals surface area (Å²) in [5, 5.41) is 0.401. The van der Waals surface area contributed by atoms with E-state index in [4.69, 9.17) is 11.6 Å². The van der Waals surface area contributed by atoms with Crippen LogP contribution in [-0.4, -0.2) is 14.3 Å². The van der Waals surface area contributed by atoms with Gasteiger partial charge < -0.3 is 4.90 Å². The Morgan fingerprint density at radius 1 is 1.00 bits per heavy atom. The number of hydrogen-bond donors (Lipinski definition) is 1. The summed E-state index contributed by atoms with van der Waals surface area (Å²) in [5.41, 5.74) is 4.07. The molecule has 1 amide bonds. The Morgan fingerprint density at radius 3 is 2.50 bits per heavy atom. The molecule has 1 aliphatic rings. The van der Waals surface area contributed by atoms with Crippen molar-refractivity contribution < 1.29 is 13.2 Å². The highest BCUT2D eigenvalue weighted by molar-refractivity contribution is 7.92. The number of benzene rings is 3. The Kier molecular flexibility index (Phi) is 5.54. The highest BCUT2D eigenvalue weighted by atomic mass is 35.5. The lowest BCUT2D eigenvalue weighted by atomic mass is 10.00. The van der Waals surface area contributed by atoms with E-state index in [1.165, 1.54) is 12.1 Å². The predicted octanol–water partition coefficient (Wildman–Crippen LogP) is 4.93. The molecule has 0 atom stereocenters. The van der Waals surface area contributed by atoms with Crippen LogP contribution in [0.25, 0.3) is 0 Å². The molecule has 0 aromatic heterocycles. The zero-order valence-electron chi connectivity index (χ0n) is 16.4. The summed E-state index contributed by atoms with van der Waals surface area (Å²) in [5.74, 6) is 0.0639. The molecular weight excluding hydrogens is 420 g/mol. The van der Waals surface area contributed by atoms with Crippen LogP contribution >= 0.6 is 11.6 Å². The Bertz CT molecular complexity index is 1210. The fraction of sp³-hybridized carbons (Fsp3) is 0.174. The molecule has 0 aliphatic carbocycles. The van der Waals surface area contributed by atoms with Gasteiger partial charge in [0.2, 0.25) is 5.91 Å². The SMILES string of the molecule is Cc1ccc(S(=O)(=O)Nc2ccc3c(c2)CCC(=O)N3Cc2ccccc2)cc1Cl. The van der Waals surface area contributed by atoms with Crippen molar-refractivity contribution in [3.8, 4) is 0 Å². The molecule has 5 nitrogen and oxygen atoms in total. The molecule has 4 rings (SSSR count). The smallest absolute Gasteiger partial charge is 0.261 e. The van der Waals surface area contributed by atoms with E-state index in [0.717, 1.165) is 22.4 Å². The second kappa shape index (κ2) is 8.13. The molecule has 154 valence electrons. The Balaban J connectivity index is 1.60. The monoisotopic (exact) mass is 440 g/mol. The number of hydrogen-bond acceptors (Lipinski definition) is 3. The lowest BCUT2D eigenvalue weighted by molar-refractivity contribution is -0.119. The van der Waals surface area contributed by atoms with Gasteiger partial charge in [0.1, 0.15) is 0 Å². The number of carbonyl (C=O) groups is 1. The molecule has 1 aliphatic heterocycles. The van der Waals surface area contributed by atoms with Crippen LogP contribution in [0.5, 0.6) is 0 Å². The Hall–Kier alpha value is -2.83. The average molecular weight is 441 g/mol. The molecule has 1 heterocycles. The maximum absolute atomic E-state index is 12.8. The van der Waals surface area contributed by atoms with E-state index in [0.29, 0.717) is 30.1 Å². The summed E-state index contributed by atoms with van der Waals surface area (Å²) in [4.78, 5) is 14.4. The van der Waals surface area contributed by atoms with Crippen molar-refractivity contribution in [2.75, 3.05) is 9.62 Å². The highest BCUT2D eigenvalue weighted by Crippen LogP contribution is 2.32. The quantitative estimate of drug-likeness (QED) is 0.611. The van der Waals surface area contributed by atoms with Crippen molar-refractivity contribution in [2.45, 2.75) is 31.2 Å². The zero-order chi connectivity index (χ0) is 21.3. The molecule has 0 radical (unpaired) electrons. The molecule has 1 N–H and O–H groups in total. The van der Waals surface area contributed by atoms with Gasteiger partial charge in [-0.2, -0.15) is 0 Å². The molecule has 0 saturated carbocycles. The largest absolute Gasteiger partial charge is 0.308 e. The molecule has 0 fully saturated rings. The molecule has 0 spiro atoms. The molecule has 3 aromatic rings. The van der Waals surface area contributed by atoms with Crippen molar-refractivity contribution >= 4 is 38.9 Å². The van der Waals surface area contributed by atoms with Crippen LogP contribution in [0.1, 0.15) is 23.1 Å². The first-order valence-electron chi connectivity index (χ1n) is 9.60. The number of halogens is 1.